The van der Waals surface area contributed by atoms with E-state index in [0.717, 1.165) is 0 Å². The Morgan fingerprint density at radius 3 is 2.74 bits per heavy atom. The zero-order valence-corrected chi connectivity index (χ0v) is 11.3. The van der Waals surface area contributed by atoms with Gasteiger partial charge in [0.2, 0.25) is 5.91 Å². The van der Waals surface area contributed by atoms with Crippen LogP contribution in [0.5, 0.6) is 0 Å². The Morgan fingerprint density at radius 1 is 1.37 bits per heavy atom. The Labute approximate surface area is 111 Å². The van der Waals surface area contributed by atoms with Gasteiger partial charge in [0.25, 0.3) is 0 Å². The molecule has 7 nitrogen and oxygen atoms in total. The molecule has 1 rings (SSSR count). The van der Waals surface area contributed by atoms with Gasteiger partial charge in [0.05, 0.1) is 19.5 Å². The van der Waals surface area contributed by atoms with Crippen molar-refractivity contribution in [3.63, 3.8) is 0 Å². The van der Waals surface area contributed by atoms with Crippen LogP contribution in [-0.2, 0) is 9.53 Å². The number of rotatable bonds is 6. The smallest absolute Gasteiger partial charge is 0.358 e. The molecule has 19 heavy (non-hydrogen) atoms. The van der Waals surface area contributed by atoms with Crippen molar-refractivity contribution >= 4 is 17.7 Å². The van der Waals surface area contributed by atoms with Gasteiger partial charge < -0.3 is 15.4 Å². The molecule has 1 aromatic rings. The SMILES string of the molecule is COC(=O)c1cncc(NCCC(=O)NC(C)C)n1. The molecule has 0 aliphatic carbocycles. The highest BCUT2D eigenvalue weighted by atomic mass is 16.5. The van der Waals surface area contributed by atoms with Gasteiger partial charge in [0, 0.05) is 19.0 Å². The number of carbonyl (C=O) groups is 2. The lowest BCUT2D eigenvalue weighted by Crippen LogP contribution is -2.31. The zero-order valence-electron chi connectivity index (χ0n) is 11.3. The Bertz CT molecular complexity index is 448. The molecule has 0 bridgehead atoms. The number of nitrogens with zero attached hydrogens (tertiary/aromatic N) is 2. The van der Waals surface area contributed by atoms with Crippen LogP contribution >= 0.6 is 0 Å². The van der Waals surface area contributed by atoms with Gasteiger partial charge in [-0.15, -0.1) is 0 Å². The van der Waals surface area contributed by atoms with Gasteiger partial charge in [-0.1, -0.05) is 0 Å². The van der Waals surface area contributed by atoms with Gasteiger partial charge in [-0.05, 0) is 13.8 Å². The summed E-state index contributed by atoms with van der Waals surface area (Å²) >= 11 is 0. The minimum absolute atomic E-state index is 0.0421. The maximum atomic E-state index is 11.4. The molecule has 0 unspecified atom stereocenters. The van der Waals surface area contributed by atoms with E-state index in [1.807, 2.05) is 13.8 Å². The first-order valence-electron chi connectivity index (χ1n) is 5.96. The number of nitrogens with one attached hydrogen (secondary N) is 2. The fourth-order valence-electron chi connectivity index (χ4n) is 1.35. The summed E-state index contributed by atoms with van der Waals surface area (Å²) < 4.78 is 4.54. The van der Waals surface area contributed by atoms with Crippen LogP contribution in [0.1, 0.15) is 30.8 Å². The van der Waals surface area contributed by atoms with Gasteiger partial charge >= 0.3 is 5.97 Å². The Kier molecular flexibility index (Phi) is 5.72. The van der Waals surface area contributed by atoms with Crippen molar-refractivity contribution in [2.45, 2.75) is 26.3 Å². The molecular weight excluding hydrogens is 248 g/mol. The van der Waals surface area contributed by atoms with E-state index in [1.165, 1.54) is 19.5 Å². The van der Waals surface area contributed by atoms with Crippen LogP contribution in [0.4, 0.5) is 5.82 Å². The van der Waals surface area contributed by atoms with Crippen molar-refractivity contribution in [3.8, 4) is 0 Å². The summed E-state index contributed by atoms with van der Waals surface area (Å²) in [4.78, 5) is 30.6. The molecule has 2 N–H and O–H groups in total. The Morgan fingerprint density at radius 2 is 2.11 bits per heavy atom. The fraction of sp³-hybridized carbons (Fsp3) is 0.500. The molecule has 1 aromatic heterocycles. The van der Waals surface area contributed by atoms with Crippen LogP contribution in [0.15, 0.2) is 12.4 Å². The molecule has 0 aliphatic rings. The van der Waals surface area contributed by atoms with Crippen molar-refractivity contribution in [3.05, 3.63) is 18.1 Å². The number of aromatic nitrogens is 2. The maximum absolute atomic E-state index is 11.4. The summed E-state index contributed by atoms with van der Waals surface area (Å²) in [6.45, 7) is 4.21. The predicted octanol–water partition coefficient (Wildman–Crippen LogP) is 0.590. The second-order valence-corrected chi connectivity index (χ2v) is 4.18. The number of esters is 1. The molecular formula is C12H18N4O3. The summed E-state index contributed by atoms with van der Waals surface area (Å²) in [6, 6.07) is 0.120. The fourth-order valence-corrected chi connectivity index (χ4v) is 1.35. The molecule has 0 saturated heterocycles. The molecule has 0 aliphatic heterocycles. The minimum atomic E-state index is -0.547. The summed E-state index contributed by atoms with van der Waals surface area (Å²) in [5, 5.41) is 5.70. The first-order valence-corrected chi connectivity index (χ1v) is 5.96. The molecule has 0 spiro atoms. The number of hydrogen-bond donors (Lipinski definition) is 2. The van der Waals surface area contributed by atoms with Gasteiger partial charge in [0.1, 0.15) is 5.82 Å². The average molecular weight is 266 g/mol. The number of anilines is 1. The highest BCUT2D eigenvalue weighted by molar-refractivity contribution is 5.87. The third-order valence-corrected chi connectivity index (χ3v) is 2.14. The summed E-state index contributed by atoms with van der Waals surface area (Å²) in [7, 11) is 1.28. The lowest BCUT2D eigenvalue weighted by atomic mass is 10.3. The first kappa shape index (κ1) is 14.9. The zero-order chi connectivity index (χ0) is 14.3. The summed E-state index contributed by atoms with van der Waals surface area (Å²) in [5.41, 5.74) is 0.124. The maximum Gasteiger partial charge on any atom is 0.358 e. The molecule has 1 heterocycles. The van der Waals surface area contributed by atoms with E-state index in [1.54, 1.807) is 0 Å². The van der Waals surface area contributed by atoms with Crippen molar-refractivity contribution in [2.24, 2.45) is 0 Å². The minimum Gasteiger partial charge on any atom is -0.464 e. The van der Waals surface area contributed by atoms with Crippen molar-refractivity contribution in [1.82, 2.24) is 15.3 Å². The van der Waals surface area contributed by atoms with Crippen molar-refractivity contribution < 1.29 is 14.3 Å². The van der Waals surface area contributed by atoms with Crippen LogP contribution in [0.25, 0.3) is 0 Å². The standard InChI is InChI=1S/C12H18N4O3/c1-8(2)15-11(17)4-5-14-10-7-13-6-9(16-10)12(18)19-3/h6-8H,4-5H2,1-3H3,(H,14,16)(H,15,17). The van der Waals surface area contributed by atoms with Crippen molar-refractivity contribution in [2.75, 3.05) is 19.0 Å². The van der Waals surface area contributed by atoms with Gasteiger partial charge in [-0.3, -0.25) is 9.78 Å². The Balaban J connectivity index is 2.45. The average Bonchev–Trinajstić information content (AvgIpc) is 2.37. The lowest BCUT2D eigenvalue weighted by molar-refractivity contribution is -0.121. The second-order valence-electron chi connectivity index (χ2n) is 4.18. The monoisotopic (exact) mass is 266 g/mol. The molecule has 0 atom stereocenters. The third kappa shape index (κ3) is 5.33. The van der Waals surface area contributed by atoms with Crippen LogP contribution in [-0.4, -0.2) is 41.5 Å². The van der Waals surface area contributed by atoms with Crippen molar-refractivity contribution in [1.29, 1.82) is 0 Å². The number of hydrogen-bond acceptors (Lipinski definition) is 6. The van der Waals surface area contributed by atoms with Gasteiger partial charge in [-0.25, -0.2) is 9.78 Å². The largest absolute Gasteiger partial charge is 0.464 e. The number of methoxy groups -OCH3 is 1. The summed E-state index contributed by atoms with van der Waals surface area (Å²) in [6.07, 6.45) is 3.12. The second kappa shape index (κ2) is 7.30. The molecule has 1 amide bonds. The quantitative estimate of drug-likeness (QED) is 0.732. The normalized spacial score (nSPS) is 10.1. The highest BCUT2D eigenvalue weighted by Gasteiger charge is 2.08. The van der Waals surface area contributed by atoms with Crippen LogP contribution in [0.3, 0.4) is 0 Å². The Hall–Kier alpha value is -2.18. The van der Waals surface area contributed by atoms with E-state index in [2.05, 4.69) is 25.3 Å². The molecule has 0 radical (unpaired) electrons. The molecule has 0 fully saturated rings. The van der Waals surface area contributed by atoms with Crippen LogP contribution < -0.4 is 10.6 Å². The topological polar surface area (TPSA) is 93.2 Å². The van der Waals surface area contributed by atoms with Gasteiger partial charge in [-0.2, -0.15) is 0 Å². The predicted molar refractivity (Wildman–Crippen MR) is 69.8 cm³/mol. The van der Waals surface area contributed by atoms with E-state index in [4.69, 9.17) is 0 Å². The number of carbonyl (C=O) groups excluding carboxylic acids is 2. The molecule has 0 aromatic carbocycles. The van der Waals surface area contributed by atoms with Crippen LogP contribution in [0, 0.1) is 0 Å². The van der Waals surface area contributed by atoms with Gasteiger partial charge in [0.15, 0.2) is 5.69 Å². The van der Waals surface area contributed by atoms with E-state index in [9.17, 15) is 9.59 Å². The number of ether oxygens (including phenoxy) is 1. The number of amides is 1. The summed E-state index contributed by atoms with van der Waals surface area (Å²) in [5.74, 6) is -0.159. The third-order valence-electron chi connectivity index (χ3n) is 2.14. The van der Waals surface area contributed by atoms with E-state index < -0.39 is 5.97 Å². The van der Waals surface area contributed by atoms with Crippen LogP contribution in [0.2, 0.25) is 0 Å². The first-order chi connectivity index (χ1) is 9.02. The van der Waals surface area contributed by atoms with E-state index >= 15 is 0 Å². The molecule has 0 saturated carbocycles. The van der Waals surface area contributed by atoms with E-state index in [0.29, 0.717) is 18.8 Å². The van der Waals surface area contributed by atoms with E-state index in [-0.39, 0.29) is 17.6 Å². The highest BCUT2D eigenvalue weighted by Crippen LogP contribution is 2.03. The molecule has 104 valence electrons. The lowest BCUT2D eigenvalue weighted by Gasteiger charge is -2.09. The molecule has 7 heteroatoms.